The summed E-state index contributed by atoms with van der Waals surface area (Å²) in [5, 5.41) is 0. The van der Waals surface area contributed by atoms with Gasteiger partial charge >= 0.3 is 0 Å². The largest absolute Gasteiger partial charge is 0.294 e. The Bertz CT molecular complexity index is 734. The van der Waals surface area contributed by atoms with Crippen LogP contribution in [0.4, 0.5) is 0 Å². The number of sulfone groups is 1. The van der Waals surface area contributed by atoms with E-state index in [0.29, 0.717) is 11.1 Å². The normalized spacial score (nSPS) is 11.3. The highest BCUT2D eigenvalue weighted by Gasteiger charge is 2.11. The van der Waals surface area contributed by atoms with Crippen molar-refractivity contribution in [3.05, 3.63) is 59.4 Å². The van der Waals surface area contributed by atoms with E-state index in [4.69, 9.17) is 0 Å². The zero-order valence-electron chi connectivity index (χ0n) is 11.3. The summed E-state index contributed by atoms with van der Waals surface area (Å²) >= 11 is 0. The van der Waals surface area contributed by atoms with Gasteiger partial charge in [-0.3, -0.25) is 9.78 Å². The molecule has 20 heavy (non-hydrogen) atoms. The lowest BCUT2D eigenvalue weighted by molar-refractivity contribution is 0.0992. The van der Waals surface area contributed by atoms with Crippen molar-refractivity contribution in [2.24, 2.45) is 0 Å². The lowest BCUT2D eigenvalue weighted by atomic mass is 10.0. The van der Waals surface area contributed by atoms with E-state index in [1.165, 1.54) is 18.3 Å². The third kappa shape index (κ3) is 3.51. The standard InChI is InChI=1S/C15H15NO3S/c1-11-6-7-13(10-16-11)15(17)9-12-4-3-5-14(8-12)20(2,18)19/h3-8,10H,9H2,1-2H3. The lowest BCUT2D eigenvalue weighted by Crippen LogP contribution is -2.05. The SMILES string of the molecule is Cc1ccc(C(=O)Cc2cccc(S(C)(=O)=O)c2)cn1. The number of carbonyl (C=O) groups is 1. The molecule has 0 radical (unpaired) electrons. The maximum absolute atomic E-state index is 12.1. The van der Waals surface area contributed by atoms with Gasteiger partial charge in [-0.2, -0.15) is 0 Å². The van der Waals surface area contributed by atoms with Crippen LogP contribution in [0.3, 0.4) is 0 Å². The maximum atomic E-state index is 12.1. The number of Topliss-reactive ketones (excluding diaryl/α,β-unsaturated/α-hetero) is 1. The van der Waals surface area contributed by atoms with E-state index in [-0.39, 0.29) is 17.1 Å². The Balaban J connectivity index is 2.22. The highest BCUT2D eigenvalue weighted by Crippen LogP contribution is 2.13. The summed E-state index contributed by atoms with van der Waals surface area (Å²) in [5.41, 5.74) is 2.06. The molecule has 0 aliphatic carbocycles. The first-order valence-electron chi connectivity index (χ1n) is 6.11. The van der Waals surface area contributed by atoms with Gasteiger partial charge in [0.15, 0.2) is 15.6 Å². The van der Waals surface area contributed by atoms with Crippen molar-refractivity contribution in [1.29, 1.82) is 0 Å². The van der Waals surface area contributed by atoms with E-state index in [1.807, 2.05) is 6.92 Å². The summed E-state index contributed by atoms with van der Waals surface area (Å²) < 4.78 is 23.0. The molecule has 1 aromatic carbocycles. The monoisotopic (exact) mass is 289 g/mol. The van der Waals surface area contributed by atoms with Crippen LogP contribution in [-0.4, -0.2) is 25.4 Å². The summed E-state index contributed by atoms with van der Waals surface area (Å²) in [6, 6.07) is 9.96. The molecule has 0 aliphatic rings. The average molecular weight is 289 g/mol. The smallest absolute Gasteiger partial charge is 0.175 e. The molecule has 0 unspecified atom stereocenters. The van der Waals surface area contributed by atoms with Gasteiger partial charge in [-0.25, -0.2) is 8.42 Å². The molecule has 0 bridgehead atoms. The Kier molecular flexibility index (Phi) is 3.99. The Morgan fingerprint density at radius 2 is 1.95 bits per heavy atom. The molecule has 0 aliphatic heterocycles. The molecule has 0 amide bonds. The van der Waals surface area contributed by atoms with E-state index >= 15 is 0 Å². The van der Waals surface area contributed by atoms with E-state index in [1.54, 1.807) is 24.3 Å². The van der Waals surface area contributed by atoms with Crippen molar-refractivity contribution in [2.45, 2.75) is 18.2 Å². The third-order valence-electron chi connectivity index (χ3n) is 2.92. The van der Waals surface area contributed by atoms with Crippen LogP contribution in [0.1, 0.15) is 21.6 Å². The van der Waals surface area contributed by atoms with Crippen LogP contribution in [-0.2, 0) is 16.3 Å². The average Bonchev–Trinajstić information content (AvgIpc) is 2.38. The first kappa shape index (κ1) is 14.4. The second kappa shape index (κ2) is 5.54. The number of carbonyl (C=O) groups excluding carboxylic acids is 1. The fraction of sp³-hybridized carbons (Fsp3) is 0.200. The van der Waals surface area contributed by atoms with E-state index in [0.717, 1.165) is 11.9 Å². The highest BCUT2D eigenvalue weighted by molar-refractivity contribution is 7.90. The van der Waals surface area contributed by atoms with Gasteiger partial charge in [0.05, 0.1) is 4.90 Å². The summed E-state index contributed by atoms with van der Waals surface area (Å²) in [5.74, 6) is -0.0804. The molecular weight excluding hydrogens is 274 g/mol. The Hall–Kier alpha value is -2.01. The van der Waals surface area contributed by atoms with Crippen molar-refractivity contribution in [3.8, 4) is 0 Å². The van der Waals surface area contributed by atoms with Gasteiger partial charge in [0.25, 0.3) is 0 Å². The molecule has 5 heteroatoms. The summed E-state index contributed by atoms with van der Waals surface area (Å²) in [6.45, 7) is 1.85. The Morgan fingerprint density at radius 1 is 1.20 bits per heavy atom. The third-order valence-corrected chi connectivity index (χ3v) is 4.03. The number of rotatable bonds is 4. The van der Waals surface area contributed by atoms with Crippen LogP contribution >= 0.6 is 0 Å². The first-order valence-corrected chi connectivity index (χ1v) is 8.00. The molecule has 0 N–H and O–H groups in total. The Morgan fingerprint density at radius 3 is 2.55 bits per heavy atom. The van der Waals surface area contributed by atoms with Crippen LogP contribution in [0.2, 0.25) is 0 Å². The minimum absolute atomic E-state index is 0.0804. The fourth-order valence-corrected chi connectivity index (χ4v) is 2.50. The van der Waals surface area contributed by atoms with Gasteiger partial charge < -0.3 is 0 Å². The second-order valence-corrected chi connectivity index (χ2v) is 6.72. The number of nitrogens with zero attached hydrogens (tertiary/aromatic N) is 1. The van der Waals surface area contributed by atoms with Crippen molar-refractivity contribution in [2.75, 3.05) is 6.26 Å². The lowest BCUT2D eigenvalue weighted by Gasteiger charge is -2.04. The van der Waals surface area contributed by atoms with Gasteiger partial charge in [0.2, 0.25) is 0 Å². The maximum Gasteiger partial charge on any atom is 0.175 e. The molecule has 2 rings (SSSR count). The van der Waals surface area contributed by atoms with Crippen molar-refractivity contribution in [3.63, 3.8) is 0 Å². The van der Waals surface area contributed by atoms with E-state index in [2.05, 4.69) is 4.98 Å². The number of hydrogen-bond donors (Lipinski definition) is 0. The van der Waals surface area contributed by atoms with Gasteiger partial charge in [0.1, 0.15) is 0 Å². The predicted octanol–water partition coefficient (Wildman–Crippen LogP) is 2.22. The fourth-order valence-electron chi connectivity index (χ4n) is 1.81. The molecule has 1 aromatic heterocycles. The minimum Gasteiger partial charge on any atom is -0.294 e. The predicted molar refractivity (Wildman–Crippen MR) is 76.6 cm³/mol. The summed E-state index contributed by atoms with van der Waals surface area (Å²) in [6.07, 6.45) is 2.85. The molecular formula is C15H15NO3S. The molecule has 0 spiro atoms. The van der Waals surface area contributed by atoms with Crippen LogP contribution in [0.5, 0.6) is 0 Å². The van der Waals surface area contributed by atoms with Crippen molar-refractivity contribution < 1.29 is 13.2 Å². The van der Waals surface area contributed by atoms with Gasteiger partial charge in [-0.05, 0) is 36.8 Å². The molecule has 0 saturated carbocycles. The van der Waals surface area contributed by atoms with Crippen LogP contribution in [0.25, 0.3) is 0 Å². The summed E-state index contributed by atoms with van der Waals surface area (Å²) in [7, 11) is -3.26. The molecule has 0 atom stereocenters. The number of hydrogen-bond acceptors (Lipinski definition) is 4. The number of ketones is 1. The molecule has 0 saturated heterocycles. The zero-order valence-corrected chi connectivity index (χ0v) is 12.1. The second-order valence-electron chi connectivity index (χ2n) is 4.71. The summed E-state index contributed by atoms with van der Waals surface area (Å²) in [4.78, 5) is 16.4. The number of pyridine rings is 1. The van der Waals surface area contributed by atoms with Crippen LogP contribution in [0, 0.1) is 6.92 Å². The minimum atomic E-state index is -3.26. The van der Waals surface area contributed by atoms with Gasteiger partial charge in [0, 0.05) is 30.1 Å². The topological polar surface area (TPSA) is 64.1 Å². The molecule has 1 heterocycles. The van der Waals surface area contributed by atoms with Gasteiger partial charge in [-0.15, -0.1) is 0 Å². The van der Waals surface area contributed by atoms with Crippen molar-refractivity contribution >= 4 is 15.6 Å². The molecule has 0 fully saturated rings. The van der Waals surface area contributed by atoms with E-state index < -0.39 is 9.84 Å². The quantitative estimate of drug-likeness (QED) is 0.810. The molecule has 4 nitrogen and oxygen atoms in total. The molecule has 104 valence electrons. The zero-order chi connectivity index (χ0) is 14.8. The Labute approximate surface area is 118 Å². The highest BCUT2D eigenvalue weighted by atomic mass is 32.2. The number of benzene rings is 1. The number of aromatic nitrogens is 1. The van der Waals surface area contributed by atoms with Crippen molar-refractivity contribution in [1.82, 2.24) is 4.98 Å². The van der Waals surface area contributed by atoms with Crippen LogP contribution < -0.4 is 0 Å². The first-order chi connectivity index (χ1) is 9.36. The molecule has 2 aromatic rings. The number of aryl methyl sites for hydroxylation is 1. The van der Waals surface area contributed by atoms with E-state index in [9.17, 15) is 13.2 Å². The van der Waals surface area contributed by atoms with Crippen LogP contribution in [0.15, 0.2) is 47.5 Å². The van der Waals surface area contributed by atoms with Gasteiger partial charge in [-0.1, -0.05) is 12.1 Å².